The number of rotatable bonds is 38. The quantitative estimate of drug-likeness (QED) is 0.0188. The second-order valence-corrected chi connectivity index (χ2v) is 22.9. The van der Waals surface area contributed by atoms with Crippen LogP contribution in [0.1, 0.15) is 258 Å². The number of fused-ring (bicyclic) bond motifs is 2. The standard InChI is InChI=1S/C57H98O13P.Sn/c1-3-5-7-9-11-13-15-17-19-21-23-25-27-29-33-39-48(58)63-45-47(65-49(59)40-34-30-28-26-24-22-20-18-16-14-12-10-8-6-4-2)46-64-71(61,62)70-55-53-51(66-56(68-53)41-35-31-36-42-56)50(60)52-54(55)69-57(67-52)43-37-32-38-44-57;/h17-20,47,50-55H,3-16,21-46H2,1-2H3,(H,61,62);/q-1;+2/p-1/b19-17-,20-18-;. The zero-order valence-electron chi connectivity index (χ0n) is 44.9. The summed E-state index contributed by atoms with van der Waals surface area (Å²) in [6.07, 6.45) is 39.2. The number of allylic oxidation sites excluding steroid dienone is 4. The molecule has 0 bridgehead atoms. The molecule has 0 N–H and O–H groups in total. The van der Waals surface area contributed by atoms with E-state index in [4.69, 9.17) is 37.5 Å². The van der Waals surface area contributed by atoms with E-state index in [0.29, 0.717) is 38.5 Å². The summed E-state index contributed by atoms with van der Waals surface area (Å²) >= 11 is 0. The van der Waals surface area contributed by atoms with Crippen molar-refractivity contribution in [1.29, 1.82) is 0 Å². The Hall–Kier alpha value is -0.871. The molecule has 2 spiro atoms. The molecule has 2 radical (unpaired) electrons. The Morgan fingerprint density at radius 1 is 0.542 bits per heavy atom. The smallest absolute Gasteiger partial charge is 0.848 e. The third kappa shape index (κ3) is 23.4. The van der Waals surface area contributed by atoms with E-state index in [1.165, 1.54) is 77.0 Å². The van der Waals surface area contributed by atoms with Gasteiger partial charge in [0.25, 0.3) is 7.82 Å². The number of hydrogen-bond acceptors (Lipinski definition) is 13. The molecule has 72 heavy (non-hydrogen) atoms. The second-order valence-electron chi connectivity index (χ2n) is 21.5. The summed E-state index contributed by atoms with van der Waals surface area (Å²) in [5.74, 6) is -2.96. The van der Waals surface area contributed by atoms with Gasteiger partial charge in [0.2, 0.25) is 0 Å². The summed E-state index contributed by atoms with van der Waals surface area (Å²) in [5, 5.41) is 14.1. The van der Waals surface area contributed by atoms with Gasteiger partial charge in [0, 0.05) is 38.5 Å². The van der Waals surface area contributed by atoms with Crippen LogP contribution in [0.2, 0.25) is 0 Å². The van der Waals surface area contributed by atoms with Crippen molar-refractivity contribution in [2.45, 2.75) is 312 Å². The summed E-state index contributed by atoms with van der Waals surface area (Å²) in [7, 11) is -5.19. The van der Waals surface area contributed by atoms with Crippen LogP contribution in [-0.2, 0) is 51.6 Å². The Kier molecular flexibility index (Phi) is 32.1. The number of ether oxygens (including phenoxy) is 6. The summed E-state index contributed by atoms with van der Waals surface area (Å²) in [4.78, 5) is 40.0. The van der Waals surface area contributed by atoms with Gasteiger partial charge in [-0.05, 0) is 89.9 Å². The van der Waals surface area contributed by atoms with Crippen LogP contribution < -0.4 is 10.00 Å². The number of esters is 2. The molecule has 412 valence electrons. The van der Waals surface area contributed by atoms with Crippen molar-refractivity contribution in [2.75, 3.05) is 13.2 Å². The van der Waals surface area contributed by atoms with Crippen molar-refractivity contribution < 1.29 is 61.6 Å². The average Bonchev–Trinajstić information content (AvgIpc) is 3.92. The summed E-state index contributed by atoms with van der Waals surface area (Å²) < 4.78 is 62.4. The van der Waals surface area contributed by atoms with E-state index in [2.05, 4.69) is 38.2 Å². The Labute approximate surface area is 452 Å². The molecule has 2 aliphatic heterocycles. The molecular formula is C57H97O13PSn. The maximum absolute atomic E-state index is 14.1. The zero-order chi connectivity index (χ0) is 50.5. The number of carbonyl (C=O) groups excluding carboxylic acids is 2. The molecule has 0 aromatic carbocycles. The minimum Gasteiger partial charge on any atom is -0.848 e. The minimum absolute atomic E-state index is 0. The summed E-state index contributed by atoms with van der Waals surface area (Å²) in [6.45, 7) is 3.50. The zero-order valence-corrected chi connectivity index (χ0v) is 48.6. The summed E-state index contributed by atoms with van der Waals surface area (Å²) in [6, 6.07) is 0. The van der Waals surface area contributed by atoms with E-state index in [1.807, 2.05) is 0 Å². The first kappa shape index (κ1) is 63.7. The molecule has 5 fully saturated rings. The van der Waals surface area contributed by atoms with Gasteiger partial charge in [-0.3, -0.25) is 14.2 Å². The molecule has 0 aromatic heterocycles. The number of unbranched alkanes of at least 4 members (excludes halogenated alkanes) is 22. The predicted molar refractivity (Wildman–Crippen MR) is 279 cm³/mol. The van der Waals surface area contributed by atoms with Crippen LogP contribution >= 0.6 is 7.82 Å². The first-order valence-electron chi connectivity index (χ1n) is 29.2. The topological polar surface area (TPSA) is 171 Å². The van der Waals surface area contributed by atoms with Gasteiger partial charge in [-0.1, -0.05) is 160 Å². The van der Waals surface area contributed by atoms with Gasteiger partial charge in [0.05, 0.1) is 18.8 Å². The van der Waals surface area contributed by atoms with E-state index < -0.39 is 80.7 Å². The van der Waals surface area contributed by atoms with E-state index in [1.54, 1.807) is 0 Å². The molecule has 6 unspecified atom stereocenters. The molecule has 0 aromatic rings. The molecule has 6 atom stereocenters. The Morgan fingerprint density at radius 3 is 1.35 bits per heavy atom. The molecule has 3 saturated carbocycles. The monoisotopic (exact) mass is 1140 g/mol. The summed E-state index contributed by atoms with van der Waals surface area (Å²) in [5.41, 5.74) is 0. The van der Waals surface area contributed by atoms with Gasteiger partial charge in [-0.2, -0.15) is 0 Å². The van der Waals surface area contributed by atoms with E-state index in [-0.39, 0.29) is 43.4 Å². The van der Waals surface area contributed by atoms with Crippen LogP contribution in [0.15, 0.2) is 24.3 Å². The van der Waals surface area contributed by atoms with Gasteiger partial charge in [0.15, 0.2) is 17.7 Å². The minimum atomic E-state index is -5.19. The normalized spacial score (nSPS) is 25.6. The first-order valence-corrected chi connectivity index (χ1v) is 30.7. The maximum Gasteiger partial charge on any atom is 2.00 e. The van der Waals surface area contributed by atoms with Gasteiger partial charge in [-0.25, -0.2) is 0 Å². The third-order valence-electron chi connectivity index (χ3n) is 15.3. The average molecular weight is 1140 g/mol. The van der Waals surface area contributed by atoms with Crippen molar-refractivity contribution >= 4 is 43.7 Å². The van der Waals surface area contributed by atoms with Crippen LogP contribution in [0.3, 0.4) is 0 Å². The van der Waals surface area contributed by atoms with Crippen LogP contribution in [0.25, 0.3) is 0 Å². The predicted octanol–water partition coefficient (Wildman–Crippen LogP) is 12.6. The Morgan fingerprint density at radius 2 is 0.917 bits per heavy atom. The van der Waals surface area contributed by atoms with E-state index >= 15 is 0 Å². The fourth-order valence-corrected chi connectivity index (χ4v) is 12.1. The Balaban J connectivity index is 0.0000112. The van der Waals surface area contributed by atoms with Crippen molar-refractivity contribution in [2.24, 2.45) is 0 Å². The van der Waals surface area contributed by atoms with Crippen LogP contribution in [0.4, 0.5) is 0 Å². The molecule has 13 nitrogen and oxygen atoms in total. The Bertz CT molecular complexity index is 1530. The van der Waals surface area contributed by atoms with Gasteiger partial charge in [-0.15, -0.1) is 0 Å². The molecule has 2 saturated heterocycles. The molecule has 2 heterocycles. The van der Waals surface area contributed by atoms with Crippen LogP contribution in [-0.4, -0.2) is 103 Å². The van der Waals surface area contributed by atoms with Crippen molar-refractivity contribution in [3.8, 4) is 0 Å². The fourth-order valence-electron chi connectivity index (χ4n) is 11.1. The first-order chi connectivity index (χ1) is 34.6. The second kappa shape index (κ2) is 36.3. The third-order valence-corrected chi connectivity index (χ3v) is 16.2. The molecule has 0 amide bonds. The van der Waals surface area contributed by atoms with Crippen LogP contribution in [0.5, 0.6) is 0 Å². The van der Waals surface area contributed by atoms with Gasteiger partial charge in [0.1, 0.15) is 24.9 Å². The fraction of sp³-hybridized carbons (Fsp3) is 0.895. The molecule has 15 heteroatoms. The molecule has 3 aliphatic carbocycles. The van der Waals surface area contributed by atoms with Crippen LogP contribution in [0, 0.1) is 0 Å². The van der Waals surface area contributed by atoms with E-state index in [0.717, 1.165) is 116 Å². The SMILES string of the molecule is CCCCCCCC/C=C\CCCCCCCC(=O)OCC(COP(=O)([O-])OC1C2OC3(CCCCC3)OC2C([O-])C2OC3(CCCCC3)OC21)OC(=O)CCCCCCC/C=C\CCCCCCCC.[Sn+2]. The van der Waals surface area contributed by atoms with E-state index in [9.17, 15) is 24.2 Å². The van der Waals surface area contributed by atoms with Gasteiger partial charge < -0.3 is 47.5 Å². The number of phosphoric acid groups is 1. The number of carbonyl (C=O) groups is 2. The maximum atomic E-state index is 14.1. The molecule has 5 rings (SSSR count). The largest absolute Gasteiger partial charge is 2.00 e. The molecular weight excluding hydrogens is 1040 g/mol. The van der Waals surface area contributed by atoms with Crippen molar-refractivity contribution in [1.82, 2.24) is 0 Å². The number of hydrogen-bond donors (Lipinski definition) is 0. The number of phosphoric ester groups is 1. The van der Waals surface area contributed by atoms with Crippen molar-refractivity contribution in [3.63, 3.8) is 0 Å². The van der Waals surface area contributed by atoms with Gasteiger partial charge >= 0.3 is 35.8 Å². The van der Waals surface area contributed by atoms with Crippen molar-refractivity contribution in [3.05, 3.63) is 24.3 Å². The molecule has 5 aliphatic rings.